The summed E-state index contributed by atoms with van der Waals surface area (Å²) in [6, 6.07) is 0. The Morgan fingerprint density at radius 2 is 2.08 bits per heavy atom. The number of hydrogen-bond acceptors (Lipinski definition) is 7. The van der Waals surface area contributed by atoms with Crippen molar-refractivity contribution in [1.82, 2.24) is 29.3 Å². The first-order valence-corrected chi connectivity index (χ1v) is 7.98. The fraction of sp³-hybridized carbons (Fsp3) is 0.600. The molecule has 24 heavy (non-hydrogen) atoms. The highest BCUT2D eigenvalue weighted by Crippen LogP contribution is 2.20. The Labute approximate surface area is 140 Å². The number of aliphatic hydroxyl groups is 1. The van der Waals surface area contributed by atoms with Gasteiger partial charge in [0.15, 0.2) is 17.0 Å². The van der Waals surface area contributed by atoms with Crippen LogP contribution in [0.25, 0.3) is 11.2 Å². The monoisotopic (exact) mass is 333 g/mol. The Morgan fingerprint density at radius 1 is 1.29 bits per heavy atom. The van der Waals surface area contributed by atoms with Crippen LogP contribution in [-0.4, -0.2) is 93.8 Å². The first-order valence-electron chi connectivity index (χ1n) is 7.98. The fourth-order valence-electron chi connectivity index (χ4n) is 2.63. The van der Waals surface area contributed by atoms with Crippen LogP contribution in [0.1, 0.15) is 0 Å². The second-order valence-corrected chi connectivity index (χ2v) is 6.04. The molecule has 0 spiro atoms. The van der Waals surface area contributed by atoms with Crippen LogP contribution in [0.5, 0.6) is 0 Å². The van der Waals surface area contributed by atoms with Crippen molar-refractivity contribution in [2.24, 2.45) is 4.99 Å². The molecule has 0 aliphatic carbocycles. The lowest BCUT2D eigenvalue weighted by Crippen LogP contribution is -2.41. The average molecular weight is 333 g/mol. The van der Waals surface area contributed by atoms with Crippen LogP contribution >= 0.6 is 0 Å². The molecule has 9 heteroatoms. The molecule has 2 aromatic heterocycles. The van der Waals surface area contributed by atoms with Crippen molar-refractivity contribution in [2.45, 2.75) is 12.6 Å². The summed E-state index contributed by atoms with van der Waals surface area (Å²) in [5, 5.41) is 10.4. The lowest BCUT2D eigenvalue weighted by atomic mass is 10.3. The standard InChI is InChI=1S/C15H23N7O2/c1-20(2)10-19-14-13-15(17-9-16-14)22(11-18-13)8-12(23)7-21-3-5-24-6-4-21/h9-12,23H,3-8H2,1-2H3/b19-10+. The Hall–Kier alpha value is -2.10. The van der Waals surface area contributed by atoms with E-state index in [-0.39, 0.29) is 0 Å². The summed E-state index contributed by atoms with van der Waals surface area (Å²) in [5.74, 6) is 0.523. The van der Waals surface area contributed by atoms with E-state index in [4.69, 9.17) is 4.74 Å². The second kappa shape index (κ2) is 7.65. The molecule has 1 N–H and O–H groups in total. The van der Waals surface area contributed by atoms with E-state index >= 15 is 0 Å². The maximum absolute atomic E-state index is 10.4. The molecule has 3 rings (SSSR count). The summed E-state index contributed by atoms with van der Waals surface area (Å²) in [7, 11) is 3.78. The van der Waals surface area contributed by atoms with E-state index in [1.807, 2.05) is 23.6 Å². The van der Waals surface area contributed by atoms with Crippen LogP contribution in [0.15, 0.2) is 17.6 Å². The summed E-state index contributed by atoms with van der Waals surface area (Å²) in [5.41, 5.74) is 1.31. The number of aromatic nitrogens is 4. The highest BCUT2D eigenvalue weighted by molar-refractivity contribution is 5.82. The summed E-state index contributed by atoms with van der Waals surface area (Å²) in [6.45, 7) is 4.20. The topological polar surface area (TPSA) is 91.9 Å². The van der Waals surface area contributed by atoms with Crippen molar-refractivity contribution in [3.63, 3.8) is 0 Å². The summed E-state index contributed by atoms with van der Waals surface area (Å²) in [4.78, 5) is 21.2. The van der Waals surface area contributed by atoms with Gasteiger partial charge in [0.1, 0.15) is 6.33 Å². The van der Waals surface area contributed by atoms with Crippen molar-refractivity contribution in [2.75, 3.05) is 46.9 Å². The number of nitrogens with zero attached hydrogens (tertiary/aromatic N) is 7. The van der Waals surface area contributed by atoms with E-state index in [9.17, 15) is 5.11 Å². The van der Waals surface area contributed by atoms with Gasteiger partial charge in [0, 0.05) is 33.7 Å². The predicted octanol–water partition coefficient (Wildman–Crippen LogP) is -0.259. The van der Waals surface area contributed by atoms with Crippen molar-refractivity contribution in [3.8, 4) is 0 Å². The van der Waals surface area contributed by atoms with Gasteiger partial charge in [0.05, 0.1) is 38.5 Å². The molecular formula is C15H23N7O2. The molecule has 130 valence electrons. The SMILES string of the molecule is CN(C)/C=N/c1ncnc2c1ncn2CC(O)CN1CCOCC1. The Balaban J connectivity index is 1.72. The summed E-state index contributed by atoms with van der Waals surface area (Å²) >= 11 is 0. The molecule has 1 unspecified atom stereocenters. The fourth-order valence-corrected chi connectivity index (χ4v) is 2.63. The van der Waals surface area contributed by atoms with Gasteiger partial charge in [-0.25, -0.2) is 19.9 Å². The zero-order chi connectivity index (χ0) is 16.9. The highest BCUT2D eigenvalue weighted by atomic mass is 16.5. The number of imidazole rings is 1. The van der Waals surface area contributed by atoms with Gasteiger partial charge in [-0.1, -0.05) is 0 Å². The molecule has 1 atom stereocenters. The van der Waals surface area contributed by atoms with Crippen molar-refractivity contribution in [1.29, 1.82) is 0 Å². The normalized spacial score (nSPS) is 17.6. The van der Waals surface area contributed by atoms with Crippen molar-refractivity contribution in [3.05, 3.63) is 12.7 Å². The van der Waals surface area contributed by atoms with Crippen molar-refractivity contribution >= 4 is 23.3 Å². The minimum Gasteiger partial charge on any atom is -0.390 e. The molecule has 0 bridgehead atoms. The third-order valence-corrected chi connectivity index (χ3v) is 3.77. The minimum absolute atomic E-state index is 0.432. The van der Waals surface area contributed by atoms with Gasteiger partial charge in [-0.15, -0.1) is 0 Å². The minimum atomic E-state index is -0.496. The van der Waals surface area contributed by atoms with Gasteiger partial charge in [0.2, 0.25) is 0 Å². The maximum Gasteiger partial charge on any atom is 0.184 e. The number of rotatable bonds is 6. The van der Waals surface area contributed by atoms with Crippen LogP contribution in [0.3, 0.4) is 0 Å². The molecule has 3 heterocycles. The number of ether oxygens (including phenoxy) is 1. The molecule has 0 aromatic carbocycles. The van der Waals surface area contributed by atoms with Crippen LogP contribution in [-0.2, 0) is 11.3 Å². The molecule has 2 aromatic rings. The van der Waals surface area contributed by atoms with Gasteiger partial charge in [0.25, 0.3) is 0 Å². The third kappa shape index (κ3) is 4.05. The van der Waals surface area contributed by atoms with E-state index in [1.54, 1.807) is 12.7 Å². The Morgan fingerprint density at radius 3 is 2.83 bits per heavy atom. The molecule has 0 radical (unpaired) electrons. The molecule has 9 nitrogen and oxygen atoms in total. The van der Waals surface area contributed by atoms with Gasteiger partial charge >= 0.3 is 0 Å². The smallest absolute Gasteiger partial charge is 0.184 e. The van der Waals surface area contributed by atoms with E-state index in [0.29, 0.717) is 30.1 Å². The third-order valence-electron chi connectivity index (χ3n) is 3.77. The van der Waals surface area contributed by atoms with Crippen molar-refractivity contribution < 1.29 is 9.84 Å². The molecule has 1 fully saturated rings. The van der Waals surface area contributed by atoms with Gasteiger partial charge in [-0.2, -0.15) is 0 Å². The first-order chi connectivity index (χ1) is 11.6. The van der Waals surface area contributed by atoms with Crippen LogP contribution in [0.4, 0.5) is 5.82 Å². The van der Waals surface area contributed by atoms with E-state index < -0.39 is 6.10 Å². The lowest BCUT2D eigenvalue weighted by Gasteiger charge is -2.28. The zero-order valence-corrected chi connectivity index (χ0v) is 14.0. The number of β-amino-alcohol motifs (C(OH)–C–C–N with tert-alkyl or cyclic N) is 1. The van der Waals surface area contributed by atoms with Crippen LogP contribution in [0.2, 0.25) is 0 Å². The summed E-state index contributed by atoms with van der Waals surface area (Å²) < 4.78 is 7.17. The predicted molar refractivity (Wildman–Crippen MR) is 90.4 cm³/mol. The number of aliphatic imine (C=N–C) groups is 1. The summed E-state index contributed by atoms with van der Waals surface area (Å²) in [6.07, 6.45) is 4.33. The lowest BCUT2D eigenvalue weighted by molar-refractivity contribution is 0.0117. The van der Waals surface area contributed by atoms with E-state index in [1.165, 1.54) is 6.33 Å². The number of morpholine rings is 1. The molecule has 0 saturated carbocycles. The number of fused-ring (bicyclic) bond motifs is 1. The van der Waals surface area contributed by atoms with Crippen LogP contribution in [0, 0.1) is 0 Å². The molecule has 0 amide bonds. The molecule has 1 aliphatic rings. The van der Waals surface area contributed by atoms with E-state index in [2.05, 4.69) is 24.8 Å². The van der Waals surface area contributed by atoms with Gasteiger partial charge < -0.3 is 19.3 Å². The highest BCUT2D eigenvalue weighted by Gasteiger charge is 2.17. The Bertz CT molecular complexity index is 694. The molecule has 1 saturated heterocycles. The zero-order valence-electron chi connectivity index (χ0n) is 14.0. The molecular weight excluding hydrogens is 310 g/mol. The largest absolute Gasteiger partial charge is 0.390 e. The first kappa shape index (κ1) is 16.7. The quantitative estimate of drug-likeness (QED) is 0.575. The Kier molecular flexibility index (Phi) is 5.34. The van der Waals surface area contributed by atoms with Gasteiger partial charge in [-0.05, 0) is 0 Å². The van der Waals surface area contributed by atoms with Gasteiger partial charge in [-0.3, -0.25) is 4.90 Å². The number of hydrogen-bond donors (Lipinski definition) is 1. The average Bonchev–Trinajstić information content (AvgIpc) is 2.97. The van der Waals surface area contributed by atoms with E-state index in [0.717, 1.165) is 26.3 Å². The second-order valence-electron chi connectivity index (χ2n) is 6.04. The van der Waals surface area contributed by atoms with Crippen LogP contribution < -0.4 is 0 Å². The maximum atomic E-state index is 10.4. The number of aliphatic hydroxyl groups excluding tert-OH is 1. The molecule has 1 aliphatic heterocycles.